The van der Waals surface area contributed by atoms with E-state index in [1.54, 1.807) is 24.3 Å². The molecule has 1 amide bonds. The Bertz CT molecular complexity index is 1030. The van der Waals surface area contributed by atoms with E-state index in [1.165, 1.54) is 0 Å². The number of nitrogens with zero attached hydrogens (tertiary/aromatic N) is 4. The van der Waals surface area contributed by atoms with Gasteiger partial charge in [0, 0.05) is 47.8 Å². The van der Waals surface area contributed by atoms with Gasteiger partial charge in [-0.05, 0) is 38.1 Å². The van der Waals surface area contributed by atoms with Crippen LogP contribution in [0.25, 0.3) is 11.4 Å². The maximum absolute atomic E-state index is 13.1. The molecule has 0 unspecified atom stereocenters. The average molecular weight is 421 g/mol. The standard InChI is InChI=1S/C24H25ClN4O/c1-3-28(4-2)23-20-16-29(24(30)18-10-12-19(25)13-11-18)15-14-21(20)26-22(27-23)17-8-6-5-7-9-17/h5-13H,3-4,14-16H2,1-2H3. The van der Waals surface area contributed by atoms with E-state index >= 15 is 0 Å². The maximum atomic E-state index is 13.1. The molecule has 1 aromatic heterocycles. The van der Waals surface area contributed by atoms with Gasteiger partial charge in [0.15, 0.2) is 5.82 Å². The first kappa shape index (κ1) is 20.4. The molecule has 0 radical (unpaired) electrons. The highest BCUT2D eigenvalue weighted by Gasteiger charge is 2.27. The summed E-state index contributed by atoms with van der Waals surface area (Å²) in [7, 11) is 0. The smallest absolute Gasteiger partial charge is 0.254 e. The number of benzene rings is 2. The Labute approximate surface area is 182 Å². The highest BCUT2D eigenvalue weighted by Crippen LogP contribution is 2.30. The third kappa shape index (κ3) is 4.03. The van der Waals surface area contributed by atoms with Gasteiger partial charge in [-0.1, -0.05) is 41.9 Å². The number of aromatic nitrogens is 2. The number of amides is 1. The molecule has 0 fully saturated rings. The zero-order chi connectivity index (χ0) is 21.1. The van der Waals surface area contributed by atoms with Crippen molar-refractivity contribution < 1.29 is 4.79 Å². The summed E-state index contributed by atoms with van der Waals surface area (Å²) < 4.78 is 0. The van der Waals surface area contributed by atoms with E-state index in [0.29, 0.717) is 30.1 Å². The number of rotatable bonds is 5. The molecule has 1 aliphatic heterocycles. The van der Waals surface area contributed by atoms with Crippen LogP contribution in [0.2, 0.25) is 5.02 Å². The van der Waals surface area contributed by atoms with Crippen LogP contribution in [-0.4, -0.2) is 40.4 Å². The van der Waals surface area contributed by atoms with Gasteiger partial charge in [-0.15, -0.1) is 0 Å². The zero-order valence-electron chi connectivity index (χ0n) is 17.3. The summed E-state index contributed by atoms with van der Waals surface area (Å²) in [4.78, 5) is 27.0. The second kappa shape index (κ2) is 8.84. The number of halogens is 1. The molecule has 4 rings (SSSR count). The number of carbonyl (C=O) groups excluding carboxylic acids is 1. The average Bonchev–Trinajstić information content (AvgIpc) is 2.80. The minimum absolute atomic E-state index is 0.00921. The second-order valence-electron chi connectivity index (χ2n) is 7.32. The molecular formula is C24H25ClN4O. The van der Waals surface area contributed by atoms with Crippen LogP contribution in [-0.2, 0) is 13.0 Å². The third-order valence-electron chi connectivity index (χ3n) is 5.51. The Hall–Kier alpha value is -2.92. The van der Waals surface area contributed by atoms with Crippen LogP contribution in [0.3, 0.4) is 0 Å². The van der Waals surface area contributed by atoms with E-state index in [4.69, 9.17) is 21.6 Å². The van der Waals surface area contributed by atoms with Crippen LogP contribution in [0.1, 0.15) is 35.5 Å². The first-order valence-electron chi connectivity index (χ1n) is 10.4. The van der Waals surface area contributed by atoms with Crippen LogP contribution in [0, 0.1) is 0 Å². The van der Waals surface area contributed by atoms with E-state index in [2.05, 4.69) is 18.7 Å². The normalized spacial score (nSPS) is 13.1. The Kier molecular flexibility index (Phi) is 6.00. The van der Waals surface area contributed by atoms with Crippen molar-refractivity contribution in [3.05, 3.63) is 76.4 Å². The zero-order valence-corrected chi connectivity index (χ0v) is 18.1. The number of fused-ring (bicyclic) bond motifs is 1. The van der Waals surface area contributed by atoms with Gasteiger partial charge in [-0.25, -0.2) is 9.97 Å². The summed E-state index contributed by atoms with van der Waals surface area (Å²) in [6, 6.07) is 17.1. The third-order valence-corrected chi connectivity index (χ3v) is 5.76. The van der Waals surface area contributed by atoms with Crippen molar-refractivity contribution in [2.45, 2.75) is 26.8 Å². The SMILES string of the molecule is CCN(CC)c1nc(-c2ccccc2)nc2c1CN(C(=O)c1ccc(Cl)cc1)CC2. The van der Waals surface area contributed by atoms with E-state index in [1.807, 2.05) is 35.2 Å². The topological polar surface area (TPSA) is 49.3 Å². The van der Waals surface area contributed by atoms with Gasteiger partial charge >= 0.3 is 0 Å². The Balaban J connectivity index is 1.71. The van der Waals surface area contributed by atoms with Crippen molar-refractivity contribution in [3.63, 3.8) is 0 Å². The summed E-state index contributed by atoms with van der Waals surface area (Å²) in [5.41, 5.74) is 3.74. The molecule has 30 heavy (non-hydrogen) atoms. The van der Waals surface area contributed by atoms with Crippen LogP contribution in [0.4, 0.5) is 5.82 Å². The highest BCUT2D eigenvalue weighted by atomic mass is 35.5. The summed E-state index contributed by atoms with van der Waals surface area (Å²) in [5.74, 6) is 1.68. The van der Waals surface area contributed by atoms with Crippen molar-refractivity contribution in [2.24, 2.45) is 0 Å². The lowest BCUT2D eigenvalue weighted by Crippen LogP contribution is -2.38. The Morgan fingerprint density at radius 3 is 2.40 bits per heavy atom. The van der Waals surface area contributed by atoms with Crippen LogP contribution >= 0.6 is 11.6 Å². The fourth-order valence-corrected chi connectivity index (χ4v) is 3.97. The largest absolute Gasteiger partial charge is 0.357 e. The Morgan fingerprint density at radius 2 is 1.73 bits per heavy atom. The number of hydrogen-bond acceptors (Lipinski definition) is 4. The van der Waals surface area contributed by atoms with Crippen LogP contribution < -0.4 is 4.90 Å². The number of hydrogen-bond donors (Lipinski definition) is 0. The number of carbonyl (C=O) groups is 1. The minimum Gasteiger partial charge on any atom is -0.357 e. The molecule has 0 spiro atoms. The predicted octanol–water partition coefficient (Wildman–Crippen LogP) is 4.84. The lowest BCUT2D eigenvalue weighted by atomic mass is 10.0. The molecule has 2 heterocycles. The predicted molar refractivity (Wildman–Crippen MR) is 121 cm³/mol. The molecule has 0 saturated carbocycles. The highest BCUT2D eigenvalue weighted by molar-refractivity contribution is 6.30. The van der Waals surface area contributed by atoms with Gasteiger partial charge in [0.1, 0.15) is 5.82 Å². The van der Waals surface area contributed by atoms with Crippen molar-refractivity contribution in [1.82, 2.24) is 14.9 Å². The lowest BCUT2D eigenvalue weighted by Gasteiger charge is -2.32. The van der Waals surface area contributed by atoms with Gasteiger partial charge in [0.2, 0.25) is 0 Å². The van der Waals surface area contributed by atoms with E-state index < -0.39 is 0 Å². The molecule has 2 aromatic carbocycles. The molecule has 0 saturated heterocycles. The van der Waals surface area contributed by atoms with Gasteiger partial charge in [-0.2, -0.15) is 0 Å². The summed E-state index contributed by atoms with van der Waals surface area (Å²) in [5, 5.41) is 0.626. The minimum atomic E-state index is 0.00921. The van der Waals surface area contributed by atoms with E-state index in [9.17, 15) is 4.79 Å². The van der Waals surface area contributed by atoms with Gasteiger partial charge in [0.05, 0.1) is 12.2 Å². The van der Waals surface area contributed by atoms with Gasteiger partial charge < -0.3 is 9.80 Å². The molecule has 154 valence electrons. The number of anilines is 1. The fourth-order valence-electron chi connectivity index (χ4n) is 3.85. The molecule has 3 aromatic rings. The van der Waals surface area contributed by atoms with Crippen molar-refractivity contribution >= 4 is 23.3 Å². The van der Waals surface area contributed by atoms with Gasteiger partial charge in [0.25, 0.3) is 5.91 Å². The molecule has 1 aliphatic rings. The van der Waals surface area contributed by atoms with E-state index in [0.717, 1.165) is 41.6 Å². The molecular weight excluding hydrogens is 396 g/mol. The summed E-state index contributed by atoms with van der Waals surface area (Å²) in [6.07, 6.45) is 0.714. The molecule has 6 heteroatoms. The molecule has 0 atom stereocenters. The van der Waals surface area contributed by atoms with Crippen molar-refractivity contribution in [1.29, 1.82) is 0 Å². The van der Waals surface area contributed by atoms with Crippen molar-refractivity contribution in [3.8, 4) is 11.4 Å². The monoisotopic (exact) mass is 420 g/mol. The Morgan fingerprint density at radius 1 is 1.03 bits per heavy atom. The van der Waals surface area contributed by atoms with Crippen molar-refractivity contribution in [2.75, 3.05) is 24.5 Å². The van der Waals surface area contributed by atoms with E-state index in [-0.39, 0.29) is 5.91 Å². The quantitative estimate of drug-likeness (QED) is 0.592. The molecule has 0 bridgehead atoms. The second-order valence-corrected chi connectivity index (χ2v) is 7.75. The maximum Gasteiger partial charge on any atom is 0.254 e. The molecule has 5 nitrogen and oxygen atoms in total. The van der Waals surface area contributed by atoms with Crippen LogP contribution in [0.15, 0.2) is 54.6 Å². The van der Waals surface area contributed by atoms with Crippen LogP contribution in [0.5, 0.6) is 0 Å². The fraction of sp³-hybridized carbons (Fsp3) is 0.292. The first-order valence-corrected chi connectivity index (χ1v) is 10.7. The molecule has 0 N–H and O–H groups in total. The summed E-state index contributed by atoms with van der Waals surface area (Å²) in [6.45, 7) is 7.09. The van der Waals surface area contributed by atoms with Gasteiger partial charge in [-0.3, -0.25) is 4.79 Å². The summed E-state index contributed by atoms with van der Waals surface area (Å²) >= 11 is 5.98. The molecule has 0 aliphatic carbocycles. The lowest BCUT2D eigenvalue weighted by molar-refractivity contribution is 0.0733. The first-order chi connectivity index (χ1) is 14.6.